The largest absolute Gasteiger partial charge is 0.497 e. The fourth-order valence-electron chi connectivity index (χ4n) is 2.89. The Labute approximate surface area is 157 Å². The van der Waals surface area contributed by atoms with Crippen LogP contribution < -0.4 is 4.74 Å². The van der Waals surface area contributed by atoms with Crippen LogP contribution in [0, 0.1) is 0 Å². The molecule has 0 aliphatic heterocycles. The minimum absolute atomic E-state index is 0.655. The summed E-state index contributed by atoms with van der Waals surface area (Å²) in [6.07, 6.45) is 2.01. The first-order valence-electron chi connectivity index (χ1n) is 8.60. The molecule has 4 rings (SSSR count). The van der Waals surface area contributed by atoms with Gasteiger partial charge >= 0.3 is 0 Å². The average molecular weight is 354 g/mol. The number of rotatable bonds is 5. The highest BCUT2D eigenvalue weighted by molar-refractivity contribution is 5.90. The number of hydrogen-bond donors (Lipinski definition) is 0. The molecule has 0 amide bonds. The molecule has 27 heavy (non-hydrogen) atoms. The van der Waals surface area contributed by atoms with Gasteiger partial charge in [0.25, 0.3) is 0 Å². The highest BCUT2D eigenvalue weighted by Crippen LogP contribution is 2.26. The van der Waals surface area contributed by atoms with Crippen LogP contribution in [0.2, 0.25) is 0 Å². The zero-order valence-corrected chi connectivity index (χ0v) is 14.9. The van der Waals surface area contributed by atoms with Crippen LogP contribution in [-0.4, -0.2) is 27.3 Å². The van der Waals surface area contributed by atoms with Gasteiger partial charge in [-0.25, -0.2) is 0 Å². The number of ether oxygens (including phenoxy) is 1. The summed E-state index contributed by atoms with van der Waals surface area (Å²) in [5.41, 5.74) is 4.13. The van der Waals surface area contributed by atoms with Gasteiger partial charge in [0.2, 0.25) is 0 Å². The molecule has 0 saturated heterocycles. The van der Waals surface area contributed by atoms with Crippen molar-refractivity contribution in [2.45, 2.75) is 0 Å². The van der Waals surface area contributed by atoms with Crippen molar-refractivity contribution in [2.24, 2.45) is 0 Å². The fourth-order valence-corrected chi connectivity index (χ4v) is 2.89. The summed E-state index contributed by atoms with van der Waals surface area (Å²) < 4.78 is 6.94. The third kappa shape index (κ3) is 3.62. The second-order valence-corrected chi connectivity index (χ2v) is 5.94. The van der Waals surface area contributed by atoms with E-state index in [4.69, 9.17) is 4.74 Å². The van der Waals surface area contributed by atoms with Crippen molar-refractivity contribution in [1.29, 1.82) is 0 Å². The van der Waals surface area contributed by atoms with Crippen LogP contribution in [0.5, 0.6) is 5.75 Å². The van der Waals surface area contributed by atoms with E-state index in [1.807, 2.05) is 66.7 Å². The molecule has 132 valence electrons. The highest BCUT2D eigenvalue weighted by atomic mass is 16.5. The molecule has 3 aromatic carbocycles. The van der Waals surface area contributed by atoms with E-state index in [9.17, 15) is 0 Å². The first kappa shape index (κ1) is 16.7. The van der Waals surface area contributed by atoms with Gasteiger partial charge in [-0.15, -0.1) is 5.10 Å². The maximum atomic E-state index is 5.22. The SMILES string of the molecule is COc1ccc(-n2nnnc2C=C(c2ccccc2)c2ccccc2)cc1. The molecular formula is C22H18N4O. The Balaban J connectivity index is 1.81. The predicted molar refractivity (Wildman–Crippen MR) is 106 cm³/mol. The Morgan fingerprint density at radius 3 is 1.96 bits per heavy atom. The standard InChI is InChI=1S/C22H18N4O/c1-27-20-14-12-19(13-15-20)26-22(23-24-25-26)16-21(17-8-4-2-5-9-17)18-10-6-3-7-11-18/h2-16H,1H3. The minimum atomic E-state index is 0.655. The van der Waals surface area contributed by atoms with E-state index in [1.54, 1.807) is 11.8 Å². The van der Waals surface area contributed by atoms with Crippen molar-refractivity contribution in [3.05, 3.63) is 102 Å². The Morgan fingerprint density at radius 2 is 1.41 bits per heavy atom. The number of tetrazole rings is 1. The van der Waals surface area contributed by atoms with E-state index in [1.165, 1.54) is 0 Å². The van der Waals surface area contributed by atoms with Crippen LogP contribution in [0.4, 0.5) is 0 Å². The second kappa shape index (κ2) is 7.66. The molecule has 1 aromatic heterocycles. The van der Waals surface area contributed by atoms with Crippen LogP contribution >= 0.6 is 0 Å². The van der Waals surface area contributed by atoms with E-state index in [0.29, 0.717) is 5.82 Å². The molecule has 0 radical (unpaired) electrons. The highest BCUT2D eigenvalue weighted by Gasteiger charge is 2.10. The summed E-state index contributed by atoms with van der Waals surface area (Å²) in [5, 5.41) is 12.2. The molecule has 0 bridgehead atoms. The predicted octanol–water partition coefficient (Wildman–Crippen LogP) is 4.26. The van der Waals surface area contributed by atoms with Crippen molar-refractivity contribution < 1.29 is 4.74 Å². The molecule has 0 spiro atoms. The minimum Gasteiger partial charge on any atom is -0.497 e. The number of hydrogen-bond acceptors (Lipinski definition) is 4. The average Bonchev–Trinajstić information content (AvgIpc) is 3.21. The van der Waals surface area contributed by atoms with Crippen molar-refractivity contribution in [1.82, 2.24) is 20.2 Å². The lowest BCUT2D eigenvalue weighted by molar-refractivity contribution is 0.414. The van der Waals surface area contributed by atoms with Crippen LogP contribution in [-0.2, 0) is 0 Å². The van der Waals surface area contributed by atoms with Crippen LogP contribution in [0.25, 0.3) is 17.3 Å². The monoisotopic (exact) mass is 354 g/mol. The van der Waals surface area contributed by atoms with Crippen molar-refractivity contribution >= 4 is 11.6 Å². The van der Waals surface area contributed by atoms with Crippen molar-refractivity contribution in [3.63, 3.8) is 0 Å². The molecule has 1 heterocycles. The van der Waals surface area contributed by atoms with Gasteiger partial charge in [-0.2, -0.15) is 4.68 Å². The van der Waals surface area contributed by atoms with E-state index in [2.05, 4.69) is 39.8 Å². The van der Waals surface area contributed by atoms with Gasteiger partial charge in [0.05, 0.1) is 12.8 Å². The Hall–Kier alpha value is -3.73. The zero-order chi connectivity index (χ0) is 18.5. The molecule has 0 unspecified atom stereocenters. The molecule has 0 aliphatic carbocycles. The van der Waals surface area contributed by atoms with Crippen molar-refractivity contribution in [3.8, 4) is 11.4 Å². The fraction of sp³-hybridized carbons (Fsp3) is 0.0455. The third-order valence-corrected chi connectivity index (χ3v) is 4.25. The van der Waals surface area contributed by atoms with E-state index in [-0.39, 0.29) is 0 Å². The topological polar surface area (TPSA) is 52.8 Å². The first-order chi connectivity index (χ1) is 13.3. The molecule has 0 atom stereocenters. The molecular weight excluding hydrogens is 336 g/mol. The number of nitrogens with zero attached hydrogens (tertiary/aromatic N) is 4. The third-order valence-electron chi connectivity index (χ3n) is 4.25. The molecule has 4 aromatic rings. The lowest BCUT2D eigenvalue weighted by Crippen LogP contribution is -2.00. The van der Waals surface area contributed by atoms with Gasteiger partial charge in [-0.3, -0.25) is 0 Å². The summed E-state index contributed by atoms with van der Waals surface area (Å²) in [6, 6.07) is 28.1. The maximum absolute atomic E-state index is 5.22. The van der Waals surface area contributed by atoms with Crippen molar-refractivity contribution in [2.75, 3.05) is 7.11 Å². The number of benzene rings is 3. The van der Waals surface area contributed by atoms with E-state index >= 15 is 0 Å². The van der Waals surface area contributed by atoms with Crippen LogP contribution in [0.1, 0.15) is 17.0 Å². The first-order valence-corrected chi connectivity index (χ1v) is 8.60. The Morgan fingerprint density at radius 1 is 0.815 bits per heavy atom. The summed E-state index contributed by atoms with van der Waals surface area (Å²) >= 11 is 0. The summed E-state index contributed by atoms with van der Waals surface area (Å²) in [7, 11) is 1.65. The molecule has 0 N–H and O–H groups in total. The summed E-state index contributed by atoms with van der Waals surface area (Å²) in [6.45, 7) is 0. The Kier molecular flexibility index (Phi) is 4.74. The smallest absolute Gasteiger partial charge is 0.180 e. The van der Waals surface area contributed by atoms with Gasteiger partial charge in [0, 0.05) is 0 Å². The Bertz CT molecular complexity index is 997. The lowest BCUT2D eigenvalue weighted by atomic mass is 9.97. The quantitative estimate of drug-likeness (QED) is 0.537. The maximum Gasteiger partial charge on any atom is 0.180 e. The second-order valence-electron chi connectivity index (χ2n) is 5.94. The van der Waals surface area contributed by atoms with Gasteiger partial charge in [0.1, 0.15) is 5.75 Å². The molecule has 0 aliphatic rings. The van der Waals surface area contributed by atoms with Gasteiger partial charge in [-0.1, -0.05) is 60.7 Å². The van der Waals surface area contributed by atoms with Gasteiger partial charge in [-0.05, 0) is 57.5 Å². The molecule has 0 saturated carbocycles. The molecule has 5 heteroatoms. The lowest BCUT2D eigenvalue weighted by Gasteiger charge is -2.09. The van der Waals surface area contributed by atoms with Crippen LogP contribution in [0.3, 0.4) is 0 Å². The van der Waals surface area contributed by atoms with Crippen LogP contribution in [0.15, 0.2) is 84.9 Å². The van der Waals surface area contributed by atoms with Gasteiger partial charge in [0.15, 0.2) is 5.82 Å². The van der Waals surface area contributed by atoms with Gasteiger partial charge < -0.3 is 4.74 Å². The normalized spacial score (nSPS) is 10.4. The number of aromatic nitrogens is 4. The molecule has 5 nitrogen and oxygen atoms in total. The van der Waals surface area contributed by atoms with E-state index < -0.39 is 0 Å². The summed E-state index contributed by atoms with van der Waals surface area (Å²) in [5.74, 6) is 1.45. The summed E-state index contributed by atoms with van der Waals surface area (Å²) in [4.78, 5) is 0. The number of methoxy groups -OCH3 is 1. The van der Waals surface area contributed by atoms with E-state index in [0.717, 1.165) is 28.1 Å². The molecule has 0 fully saturated rings. The zero-order valence-electron chi connectivity index (χ0n) is 14.9.